The van der Waals surface area contributed by atoms with Crippen molar-refractivity contribution in [1.82, 2.24) is 10.2 Å². The van der Waals surface area contributed by atoms with Crippen molar-refractivity contribution in [3.05, 3.63) is 29.8 Å². The Morgan fingerprint density at radius 1 is 1.17 bits per heavy atom. The van der Waals surface area contributed by atoms with Crippen molar-refractivity contribution in [1.29, 1.82) is 0 Å². The fraction of sp³-hybridized carbons (Fsp3) is 0.652. The van der Waals surface area contributed by atoms with Crippen molar-refractivity contribution in [2.75, 3.05) is 27.3 Å². The first-order valence-corrected chi connectivity index (χ1v) is 10.8. The number of likely N-dealkylation sites (tertiary alicyclic amines) is 1. The van der Waals surface area contributed by atoms with Gasteiger partial charge >= 0.3 is 0 Å². The van der Waals surface area contributed by atoms with Gasteiger partial charge in [-0.1, -0.05) is 25.0 Å². The lowest BCUT2D eigenvalue weighted by atomic mass is 9.80. The number of benzene rings is 1. The summed E-state index contributed by atoms with van der Waals surface area (Å²) in [6, 6.07) is 7.84. The Bertz CT molecular complexity index is 762. The minimum absolute atomic E-state index is 0.123. The fourth-order valence-corrected chi connectivity index (χ4v) is 5.02. The second kappa shape index (κ2) is 7.98. The number of hydrogen-bond donors (Lipinski definition) is 1. The molecule has 158 valence electrons. The van der Waals surface area contributed by atoms with Gasteiger partial charge in [0.2, 0.25) is 11.8 Å². The standard InChI is InChI=1S/C23H32N2O4/c1-28-19-9-5-6-17(14-19)10-11-20(26)25-15-22(16-25,23(29-2)12-13-23)24-21(27)18-7-3-4-8-18/h5-6,9,14,18H,3-4,7-8,10-13,15-16H2,1-2H3,(H,24,27). The Labute approximate surface area is 172 Å². The molecule has 0 spiro atoms. The molecule has 29 heavy (non-hydrogen) atoms. The molecule has 2 saturated carbocycles. The van der Waals surface area contributed by atoms with Gasteiger partial charge in [0.15, 0.2) is 0 Å². The van der Waals surface area contributed by atoms with Crippen LogP contribution < -0.4 is 10.1 Å². The van der Waals surface area contributed by atoms with Crippen molar-refractivity contribution < 1.29 is 19.1 Å². The number of amides is 2. The highest BCUT2D eigenvalue weighted by atomic mass is 16.5. The summed E-state index contributed by atoms with van der Waals surface area (Å²) in [7, 11) is 3.37. The number of hydrogen-bond acceptors (Lipinski definition) is 4. The van der Waals surface area contributed by atoms with Crippen LogP contribution in [0.4, 0.5) is 0 Å². The Kier molecular flexibility index (Phi) is 5.56. The minimum atomic E-state index is -0.424. The molecular weight excluding hydrogens is 368 g/mol. The third-order valence-corrected chi connectivity index (χ3v) is 7.09. The summed E-state index contributed by atoms with van der Waals surface area (Å²) >= 11 is 0. The summed E-state index contributed by atoms with van der Waals surface area (Å²) in [6.07, 6.45) is 7.25. The van der Waals surface area contributed by atoms with Crippen LogP contribution in [-0.4, -0.2) is 55.2 Å². The van der Waals surface area contributed by atoms with Crippen LogP contribution in [-0.2, 0) is 20.7 Å². The Morgan fingerprint density at radius 3 is 2.52 bits per heavy atom. The van der Waals surface area contributed by atoms with E-state index in [0.29, 0.717) is 25.9 Å². The molecule has 1 saturated heterocycles. The van der Waals surface area contributed by atoms with Crippen molar-refractivity contribution in [2.24, 2.45) is 5.92 Å². The molecule has 3 aliphatic rings. The zero-order valence-corrected chi connectivity index (χ0v) is 17.5. The largest absolute Gasteiger partial charge is 0.497 e. The number of rotatable bonds is 8. The molecule has 0 unspecified atom stereocenters. The Morgan fingerprint density at radius 2 is 1.90 bits per heavy atom. The van der Waals surface area contributed by atoms with E-state index in [1.807, 2.05) is 29.2 Å². The molecule has 0 bridgehead atoms. The lowest BCUT2D eigenvalue weighted by Crippen LogP contribution is -2.78. The number of aryl methyl sites for hydroxylation is 1. The lowest BCUT2D eigenvalue weighted by Gasteiger charge is -2.54. The highest BCUT2D eigenvalue weighted by Gasteiger charge is 2.66. The summed E-state index contributed by atoms with van der Waals surface area (Å²) in [5.41, 5.74) is 0.368. The van der Waals surface area contributed by atoms with Crippen molar-refractivity contribution in [2.45, 2.75) is 62.5 Å². The van der Waals surface area contributed by atoms with E-state index in [9.17, 15) is 9.59 Å². The molecule has 6 nitrogen and oxygen atoms in total. The van der Waals surface area contributed by atoms with Crippen molar-refractivity contribution in [3.63, 3.8) is 0 Å². The maximum absolute atomic E-state index is 12.8. The van der Waals surface area contributed by atoms with Gasteiger partial charge in [0.1, 0.15) is 11.3 Å². The van der Waals surface area contributed by atoms with E-state index < -0.39 is 5.54 Å². The zero-order chi connectivity index (χ0) is 20.5. The van der Waals surface area contributed by atoms with E-state index in [4.69, 9.17) is 9.47 Å². The van der Waals surface area contributed by atoms with Gasteiger partial charge in [0, 0.05) is 32.5 Å². The van der Waals surface area contributed by atoms with Gasteiger partial charge in [-0.05, 0) is 49.8 Å². The first kappa shape index (κ1) is 20.2. The van der Waals surface area contributed by atoms with E-state index in [1.54, 1.807) is 14.2 Å². The smallest absolute Gasteiger partial charge is 0.223 e. The summed E-state index contributed by atoms with van der Waals surface area (Å²) in [6.45, 7) is 1.10. The molecule has 0 atom stereocenters. The SMILES string of the molecule is COc1cccc(CCC(=O)N2CC(NC(=O)C3CCCC3)(C3(OC)CC3)C2)c1. The number of carbonyl (C=O) groups is 2. The monoisotopic (exact) mass is 400 g/mol. The average molecular weight is 401 g/mol. The van der Waals surface area contributed by atoms with Crippen molar-refractivity contribution >= 4 is 11.8 Å². The number of carbonyl (C=O) groups excluding carboxylic acids is 2. The highest BCUT2D eigenvalue weighted by Crippen LogP contribution is 2.52. The predicted octanol–water partition coefficient (Wildman–Crippen LogP) is 2.69. The van der Waals surface area contributed by atoms with Gasteiger partial charge in [-0.2, -0.15) is 0 Å². The van der Waals surface area contributed by atoms with Crippen LogP contribution in [0.3, 0.4) is 0 Å². The van der Waals surface area contributed by atoms with Crippen LogP contribution in [0, 0.1) is 5.92 Å². The van der Waals surface area contributed by atoms with Gasteiger partial charge in [0.05, 0.1) is 12.7 Å². The summed E-state index contributed by atoms with van der Waals surface area (Å²) in [4.78, 5) is 27.4. The third kappa shape index (κ3) is 3.87. The van der Waals surface area contributed by atoms with E-state index >= 15 is 0 Å². The molecule has 1 aromatic rings. The normalized spacial score (nSPS) is 22.1. The second-order valence-electron chi connectivity index (χ2n) is 8.85. The summed E-state index contributed by atoms with van der Waals surface area (Å²) < 4.78 is 11.1. The number of nitrogens with zero attached hydrogens (tertiary/aromatic N) is 1. The molecule has 4 rings (SSSR count). The van der Waals surface area contributed by atoms with Crippen molar-refractivity contribution in [3.8, 4) is 5.75 Å². The maximum atomic E-state index is 12.8. The second-order valence-corrected chi connectivity index (χ2v) is 8.85. The molecule has 0 radical (unpaired) electrons. The van der Waals surface area contributed by atoms with Crippen LogP contribution >= 0.6 is 0 Å². The molecule has 6 heteroatoms. The molecular formula is C23H32N2O4. The maximum Gasteiger partial charge on any atom is 0.223 e. The third-order valence-electron chi connectivity index (χ3n) is 7.09. The highest BCUT2D eigenvalue weighted by molar-refractivity contribution is 5.82. The molecule has 1 aromatic carbocycles. The van der Waals surface area contributed by atoms with Crippen LogP contribution in [0.25, 0.3) is 0 Å². The quantitative estimate of drug-likeness (QED) is 0.729. The minimum Gasteiger partial charge on any atom is -0.497 e. The Balaban J connectivity index is 1.36. The molecule has 2 amide bonds. The van der Waals surface area contributed by atoms with E-state index in [-0.39, 0.29) is 23.3 Å². The number of nitrogens with one attached hydrogen (secondary N) is 1. The van der Waals surface area contributed by atoms with Gasteiger partial charge in [-0.15, -0.1) is 0 Å². The predicted molar refractivity (Wildman–Crippen MR) is 110 cm³/mol. The summed E-state index contributed by atoms with van der Waals surface area (Å²) in [5.74, 6) is 1.21. The van der Waals surface area contributed by atoms with Crippen LogP contribution in [0.2, 0.25) is 0 Å². The molecule has 1 aliphatic heterocycles. The molecule has 1 N–H and O–H groups in total. The zero-order valence-electron chi connectivity index (χ0n) is 17.5. The molecule has 1 heterocycles. The fourth-order valence-electron chi connectivity index (χ4n) is 5.02. The van der Waals surface area contributed by atoms with E-state index in [0.717, 1.165) is 49.8 Å². The van der Waals surface area contributed by atoms with Gasteiger partial charge in [-0.25, -0.2) is 0 Å². The number of ether oxygens (including phenoxy) is 2. The molecule has 2 aliphatic carbocycles. The van der Waals surface area contributed by atoms with Gasteiger partial charge in [-0.3, -0.25) is 9.59 Å². The first-order chi connectivity index (χ1) is 14.0. The Hall–Kier alpha value is -2.08. The van der Waals surface area contributed by atoms with E-state index in [2.05, 4.69) is 5.32 Å². The first-order valence-electron chi connectivity index (χ1n) is 10.8. The molecule has 0 aromatic heterocycles. The van der Waals surface area contributed by atoms with Gasteiger partial charge < -0.3 is 19.7 Å². The summed E-state index contributed by atoms with van der Waals surface area (Å²) in [5, 5.41) is 3.32. The molecule has 3 fully saturated rings. The van der Waals surface area contributed by atoms with E-state index in [1.165, 1.54) is 0 Å². The van der Waals surface area contributed by atoms with Crippen LogP contribution in [0.1, 0.15) is 50.5 Å². The van der Waals surface area contributed by atoms with Crippen LogP contribution in [0.5, 0.6) is 5.75 Å². The van der Waals surface area contributed by atoms with Gasteiger partial charge in [0.25, 0.3) is 0 Å². The lowest BCUT2D eigenvalue weighted by molar-refractivity contribution is -0.155. The van der Waals surface area contributed by atoms with Crippen LogP contribution in [0.15, 0.2) is 24.3 Å². The topological polar surface area (TPSA) is 67.9 Å². The average Bonchev–Trinajstić information content (AvgIpc) is 3.32. The number of methoxy groups -OCH3 is 2.